The summed E-state index contributed by atoms with van der Waals surface area (Å²) in [7, 11) is 0. The van der Waals surface area contributed by atoms with Crippen molar-refractivity contribution in [1.29, 1.82) is 0 Å². The zero-order valence-corrected chi connectivity index (χ0v) is 15.8. The van der Waals surface area contributed by atoms with Gasteiger partial charge in [0.2, 0.25) is 0 Å². The Balaban J connectivity index is 1.49. The van der Waals surface area contributed by atoms with Gasteiger partial charge in [0, 0.05) is 18.9 Å². The highest BCUT2D eigenvalue weighted by Crippen LogP contribution is 2.40. The number of ether oxygens (including phenoxy) is 1. The Kier molecular flexibility index (Phi) is 5.69. The molecule has 5 atom stereocenters. The monoisotopic (exact) mass is 384 g/mol. The molecule has 2 aromatic rings. The Morgan fingerprint density at radius 2 is 1.57 bits per heavy atom. The molecule has 2 aliphatic rings. The van der Waals surface area contributed by atoms with Gasteiger partial charge >= 0.3 is 0 Å². The molecule has 5 nitrogen and oxygen atoms in total. The molecule has 2 aromatic carbocycles. The first kappa shape index (κ1) is 19.4. The highest BCUT2D eigenvalue weighted by Gasteiger charge is 2.43. The molecule has 4 rings (SSSR count). The fourth-order valence-electron chi connectivity index (χ4n) is 4.05. The van der Waals surface area contributed by atoms with Gasteiger partial charge in [0.05, 0.1) is 6.10 Å². The maximum absolute atomic E-state index is 10.3. The average molecular weight is 384 g/mol. The average Bonchev–Trinajstić information content (AvgIpc) is 3.56. The van der Waals surface area contributed by atoms with Crippen LogP contribution >= 0.6 is 0 Å². The van der Waals surface area contributed by atoms with Gasteiger partial charge in [-0.3, -0.25) is 0 Å². The third kappa shape index (κ3) is 4.08. The molecule has 4 N–H and O–H groups in total. The topological polar surface area (TPSA) is 90.2 Å². The SMILES string of the molecule is OC[C@H]1C[C@@H](Oc2ccccc2Cc2ccc(C3CC3)cc2)[C@H](O)[C@@H](O)[C@@H]1O. The molecule has 0 bridgehead atoms. The minimum Gasteiger partial charge on any atom is -0.487 e. The minimum absolute atomic E-state index is 0.264. The van der Waals surface area contributed by atoms with Crippen molar-refractivity contribution in [2.75, 3.05) is 6.61 Å². The second kappa shape index (κ2) is 8.21. The van der Waals surface area contributed by atoms with E-state index >= 15 is 0 Å². The van der Waals surface area contributed by atoms with Crippen LogP contribution in [0.3, 0.4) is 0 Å². The van der Waals surface area contributed by atoms with Crippen molar-refractivity contribution in [2.24, 2.45) is 5.92 Å². The van der Waals surface area contributed by atoms with Gasteiger partial charge in [-0.15, -0.1) is 0 Å². The predicted molar refractivity (Wildman–Crippen MR) is 105 cm³/mol. The molecular formula is C23H28O5. The van der Waals surface area contributed by atoms with E-state index in [2.05, 4.69) is 24.3 Å². The van der Waals surface area contributed by atoms with Gasteiger partial charge in [0.15, 0.2) is 0 Å². The van der Waals surface area contributed by atoms with Crippen molar-refractivity contribution in [3.8, 4) is 5.75 Å². The smallest absolute Gasteiger partial charge is 0.128 e. The summed E-state index contributed by atoms with van der Waals surface area (Å²) in [4.78, 5) is 0. The number of para-hydroxylation sites is 1. The summed E-state index contributed by atoms with van der Waals surface area (Å²) in [5.74, 6) is 0.863. The summed E-state index contributed by atoms with van der Waals surface area (Å²) in [6.07, 6.45) is -0.820. The molecule has 5 heteroatoms. The Bertz CT molecular complexity index is 784. The number of benzene rings is 2. The molecule has 0 aromatic heterocycles. The molecule has 28 heavy (non-hydrogen) atoms. The van der Waals surface area contributed by atoms with Gasteiger partial charge < -0.3 is 25.2 Å². The quantitative estimate of drug-likeness (QED) is 0.612. The van der Waals surface area contributed by atoms with Crippen molar-refractivity contribution in [1.82, 2.24) is 0 Å². The van der Waals surface area contributed by atoms with Crippen LogP contribution in [0.25, 0.3) is 0 Å². The minimum atomic E-state index is -1.34. The van der Waals surface area contributed by atoms with Crippen LogP contribution < -0.4 is 4.74 Å². The van der Waals surface area contributed by atoms with Crippen LogP contribution in [0.2, 0.25) is 0 Å². The van der Waals surface area contributed by atoms with Crippen molar-refractivity contribution in [3.05, 3.63) is 65.2 Å². The zero-order valence-electron chi connectivity index (χ0n) is 15.8. The second-order valence-corrected chi connectivity index (χ2v) is 8.11. The first-order valence-corrected chi connectivity index (χ1v) is 10.0. The van der Waals surface area contributed by atoms with Gasteiger partial charge in [-0.05, 0) is 47.9 Å². The Morgan fingerprint density at radius 1 is 0.857 bits per heavy atom. The Morgan fingerprint density at radius 3 is 2.25 bits per heavy atom. The highest BCUT2D eigenvalue weighted by molar-refractivity contribution is 5.39. The van der Waals surface area contributed by atoms with E-state index in [0.717, 1.165) is 11.5 Å². The summed E-state index contributed by atoms with van der Waals surface area (Å²) in [6.45, 7) is -0.264. The third-order valence-corrected chi connectivity index (χ3v) is 6.01. The largest absolute Gasteiger partial charge is 0.487 e. The van der Waals surface area contributed by atoms with Crippen LogP contribution in [0.15, 0.2) is 48.5 Å². The van der Waals surface area contributed by atoms with Crippen LogP contribution in [0.5, 0.6) is 5.75 Å². The van der Waals surface area contributed by atoms with E-state index in [1.54, 1.807) is 0 Å². The summed E-state index contributed by atoms with van der Waals surface area (Å²) in [5, 5.41) is 39.9. The number of aliphatic hydroxyl groups is 4. The van der Waals surface area contributed by atoms with E-state index in [0.29, 0.717) is 12.2 Å². The van der Waals surface area contributed by atoms with E-state index in [4.69, 9.17) is 4.74 Å². The van der Waals surface area contributed by atoms with E-state index < -0.39 is 30.3 Å². The van der Waals surface area contributed by atoms with Crippen molar-refractivity contribution < 1.29 is 25.2 Å². The molecule has 0 radical (unpaired) electrons. The molecule has 2 saturated carbocycles. The van der Waals surface area contributed by atoms with E-state index in [9.17, 15) is 20.4 Å². The molecular weight excluding hydrogens is 356 g/mol. The summed E-state index contributed by atoms with van der Waals surface area (Å²) >= 11 is 0. The normalized spacial score (nSPS) is 30.2. The first-order valence-electron chi connectivity index (χ1n) is 10.0. The second-order valence-electron chi connectivity index (χ2n) is 8.11. The van der Waals surface area contributed by atoms with Gasteiger partial charge in [-0.2, -0.15) is 0 Å². The number of aliphatic hydroxyl groups excluding tert-OH is 4. The lowest BCUT2D eigenvalue weighted by atomic mass is 9.81. The molecule has 0 amide bonds. The lowest BCUT2D eigenvalue weighted by Crippen LogP contribution is -2.56. The lowest BCUT2D eigenvalue weighted by molar-refractivity contribution is -0.157. The highest BCUT2D eigenvalue weighted by atomic mass is 16.5. The van der Waals surface area contributed by atoms with E-state index in [-0.39, 0.29) is 13.0 Å². The summed E-state index contributed by atoms with van der Waals surface area (Å²) in [6, 6.07) is 16.4. The van der Waals surface area contributed by atoms with Crippen LogP contribution in [-0.4, -0.2) is 51.4 Å². The number of rotatable bonds is 6. The Hall–Kier alpha value is -1.92. The van der Waals surface area contributed by atoms with E-state index in [1.165, 1.54) is 24.0 Å². The molecule has 0 spiro atoms. The van der Waals surface area contributed by atoms with Gasteiger partial charge in [0.1, 0.15) is 24.1 Å². The van der Waals surface area contributed by atoms with Gasteiger partial charge in [0.25, 0.3) is 0 Å². The fourth-order valence-corrected chi connectivity index (χ4v) is 4.05. The van der Waals surface area contributed by atoms with Crippen LogP contribution in [-0.2, 0) is 6.42 Å². The van der Waals surface area contributed by atoms with Crippen molar-refractivity contribution >= 4 is 0 Å². The molecule has 0 heterocycles. The van der Waals surface area contributed by atoms with Crippen LogP contribution in [0, 0.1) is 5.92 Å². The fraction of sp³-hybridized carbons (Fsp3) is 0.478. The maximum atomic E-state index is 10.3. The Labute approximate surface area is 165 Å². The molecule has 2 aliphatic carbocycles. The van der Waals surface area contributed by atoms with Crippen LogP contribution in [0.4, 0.5) is 0 Å². The van der Waals surface area contributed by atoms with Crippen molar-refractivity contribution in [2.45, 2.75) is 56.0 Å². The summed E-state index contributed by atoms with van der Waals surface area (Å²) in [5.41, 5.74) is 3.59. The van der Waals surface area contributed by atoms with Gasteiger partial charge in [-0.25, -0.2) is 0 Å². The standard InChI is InChI=1S/C23H28O5/c24-13-18-12-20(22(26)23(27)21(18)25)28-19-4-2-1-3-17(19)11-14-5-7-15(8-6-14)16-9-10-16/h1-8,16,18,20-27H,9-13H2/t18-,20-,21-,22+,23+/m1/s1. The first-order chi connectivity index (χ1) is 13.6. The molecule has 0 saturated heterocycles. The zero-order chi connectivity index (χ0) is 19.7. The molecule has 2 fully saturated rings. The van der Waals surface area contributed by atoms with Crippen LogP contribution in [0.1, 0.15) is 41.9 Å². The number of hydrogen-bond acceptors (Lipinski definition) is 5. The summed E-state index contributed by atoms with van der Waals surface area (Å²) < 4.78 is 6.06. The predicted octanol–water partition coefficient (Wildman–Crippen LogP) is 2.00. The molecule has 0 aliphatic heterocycles. The molecule has 0 unspecified atom stereocenters. The maximum Gasteiger partial charge on any atom is 0.128 e. The third-order valence-electron chi connectivity index (χ3n) is 6.01. The number of hydrogen-bond donors (Lipinski definition) is 4. The van der Waals surface area contributed by atoms with Crippen molar-refractivity contribution in [3.63, 3.8) is 0 Å². The van der Waals surface area contributed by atoms with Gasteiger partial charge in [-0.1, -0.05) is 42.5 Å². The van der Waals surface area contributed by atoms with E-state index in [1.807, 2.05) is 24.3 Å². The lowest BCUT2D eigenvalue weighted by Gasteiger charge is -2.39. The molecule has 150 valence electrons.